The minimum absolute atomic E-state index is 0. The summed E-state index contributed by atoms with van der Waals surface area (Å²) in [6.07, 6.45) is 3.35. The number of halogens is 1. The fourth-order valence-corrected chi connectivity index (χ4v) is 2.89. The van der Waals surface area contributed by atoms with Gasteiger partial charge < -0.3 is 10.6 Å². The van der Waals surface area contributed by atoms with Crippen molar-refractivity contribution in [2.75, 3.05) is 32.1 Å². The van der Waals surface area contributed by atoms with Crippen LogP contribution in [0, 0.1) is 13.8 Å². The van der Waals surface area contributed by atoms with Crippen LogP contribution in [0.5, 0.6) is 0 Å². The maximum absolute atomic E-state index is 12.2. The van der Waals surface area contributed by atoms with E-state index in [1.165, 1.54) is 11.3 Å². The van der Waals surface area contributed by atoms with Gasteiger partial charge in [-0.05, 0) is 44.7 Å². The number of aliphatic imine (C=N–C) groups is 2. The van der Waals surface area contributed by atoms with E-state index in [4.69, 9.17) is 5.73 Å². The van der Waals surface area contributed by atoms with Crippen molar-refractivity contribution in [2.45, 2.75) is 33.1 Å². The number of nitrogens with zero attached hydrogens (tertiary/aromatic N) is 4. The highest BCUT2D eigenvalue weighted by molar-refractivity contribution is 6.19. The number of anilines is 1. The molecule has 0 spiro atoms. The van der Waals surface area contributed by atoms with Gasteiger partial charge in [-0.15, -0.1) is 12.4 Å². The fraction of sp³-hybridized carbons (Fsp3) is 0.500. The lowest BCUT2D eigenvalue weighted by Crippen LogP contribution is -2.53. The molecule has 144 valence electrons. The van der Waals surface area contributed by atoms with E-state index < -0.39 is 6.03 Å². The van der Waals surface area contributed by atoms with Gasteiger partial charge >= 0.3 is 6.03 Å². The molecule has 0 bridgehead atoms. The summed E-state index contributed by atoms with van der Waals surface area (Å²) in [5.74, 6) is 1.07. The highest BCUT2D eigenvalue weighted by atomic mass is 35.5. The van der Waals surface area contributed by atoms with E-state index in [2.05, 4.69) is 15.3 Å². The number of carbonyl (C=O) groups is 1. The second kappa shape index (κ2) is 10.0. The van der Waals surface area contributed by atoms with E-state index in [9.17, 15) is 4.79 Å². The van der Waals surface area contributed by atoms with Crippen LogP contribution in [0.15, 0.2) is 28.2 Å². The van der Waals surface area contributed by atoms with Gasteiger partial charge in [-0.2, -0.15) is 0 Å². The largest absolute Gasteiger partial charge is 0.351 e. The number of hydrogen-bond donors (Lipinski definition) is 2. The van der Waals surface area contributed by atoms with Crippen molar-refractivity contribution in [3.63, 3.8) is 0 Å². The normalized spacial score (nSPS) is 15.3. The zero-order valence-electron chi connectivity index (χ0n) is 16.0. The SMILES string of the molecule is CN=C(NC1=NCCCCCN1C)N(C(N)=O)c1ccc(C)cc1C.Cl. The number of rotatable bonds is 1. The minimum Gasteiger partial charge on any atom is -0.351 e. The smallest absolute Gasteiger partial charge is 0.326 e. The maximum Gasteiger partial charge on any atom is 0.326 e. The Kier molecular flexibility index (Phi) is 8.38. The molecule has 1 heterocycles. The second-order valence-corrected chi connectivity index (χ2v) is 6.32. The molecule has 0 aliphatic carbocycles. The summed E-state index contributed by atoms with van der Waals surface area (Å²) in [4.78, 5) is 24.4. The predicted molar refractivity (Wildman–Crippen MR) is 111 cm³/mol. The van der Waals surface area contributed by atoms with E-state index in [1.807, 2.05) is 44.0 Å². The molecule has 2 amide bonds. The molecule has 8 heteroatoms. The van der Waals surface area contributed by atoms with Crippen LogP contribution in [0.25, 0.3) is 0 Å². The first-order valence-electron chi connectivity index (χ1n) is 8.60. The van der Waals surface area contributed by atoms with E-state index in [1.54, 1.807) is 7.05 Å². The summed E-state index contributed by atoms with van der Waals surface area (Å²) in [6.45, 7) is 5.62. The third-order valence-corrected chi connectivity index (χ3v) is 4.24. The molecule has 26 heavy (non-hydrogen) atoms. The van der Waals surface area contributed by atoms with Crippen molar-refractivity contribution in [1.29, 1.82) is 0 Å². The first kappa shape index (κ1) is 21.8. The summed E-state index contributed by atoms with van der Waals surface area (Å²) >= 11 is 0. The molecular formula is C18H29ClN6O. The lowest BCUT2D eigenvalue weighted by molar-refractivity contribution is 0.256. The summed E-state index contributed by atoms with van der Waals surface area (Å²) in [5, 5.41) is 3.20. The van der Waals surface area contributed by atoms with Gasteiger partial charge in [-0.1, -0.05) is 17.7 Å². The standard InChI is InChI=1S/C18H28N6O.ClH/c1-13-8-9-15(14(2)12-13)24(16(19)25)17(20-3)22-18-21-10-6-5-7-11-23(18)4;/h8-9,12H,5-7,10-11H2,1-4H3,(H2,19,25)(H,20,21,22);1H. The first-order valence-corrected chi connectivity index (χ1v) is 8.60. The second-order valence-electron chi connectivity index (χ2n) is 6.32. The Morgan fingerprint density at radius 3 is 2.65 bits per heavy atom. The van der Waals surface area contributed by atoms with Crippen LogP contribution in [0.2, 0.25) is 0 Å². The molecule has 0 aromatic heterocycles. The third-order valence-electron chi connectivity index (χ3n) is 4.24. The number of urea groups is 1. The maximum atomic E-state index is 12.2. The topological polar surface area (TPSA) is 86.3 Å². The Balaban J connectivity index is 0.00000338. The summed E-state index contributed by atoms with van der Waals surface area (Å²) < 4.78 is 0. The van der Waals surface area contributed by atoms with Gasteiger partial charge in [-0.3, -0.25) is 15.3 Å². The third kappa shape index (κ3) is 5.36. The number of carbonyl (C=O) groups excluding carboxylic acids is 1. The van der Waals surface area contributed by atoms with E-state index in [0.717, 1.165) is 37.1 Å². The Hall–Kier alpha value is -2.28. The average molecular weight is 381 g/mol. The van der Waals surface area contributed by atoms with Crippen LogP contribution >= 0.6 is 12.4 Å². The predicted octanol–water partition coefficient (Wildman–Crippen LogP) is 2.66. The van der Waals surface area contributed by atoms with E-state index in [0.29, 0.717) is 17.6 Å². The number of amides is 2. The number of guanidine groups is 2. The fourth-order valence-electron chi connectivity index (χ4n) is 2.89. The number of nitrogens with two attached hydrogens (primary N) is 1. The molecule has 7 nitrogen and oxygen atoms in total. The van der Waals surface area contributed by atoms with Gasteiger partial charge in [0.25, 0.3) is 0 Å². The minimum atomic E-state index is -0.589. The molecule has 0 unspecified atom stereocenters. The molecule has 3 N–H and O–H groups in total. The highest BCUT2D eigenvalue weighted by Gasteiger charge is 2.23. The monoisotopic (exact) mass is 380 g/mol. The Morgan fingerprint density at radius 1 is 1.31 bits per heavy atom. The van der Waals surface area contributed by atoms with Crippen LogP contribution in [-0.2, 0) is 0 Å². The number of hydrogen-bond acceptors (Lipinski definition) is 4. The Bertz CT molecular complexity index is 688. The van der Waals surface area contributed by atoms with Crippen LogP contribution in [0.4, 0.5) is 10.5 Å². The van der Waals surface area contributed by atoms with Gasteiger partial charge in [0.15, 0.2) is 0 Å². The van der Waals surface area contributed by atoms with Crippen molar-refractivity contribution in [2.24, 2.45) is 15.7 Å². The zero-order valence-corrected chi connectivity index (χ0v) is 16.8. The Morgan fingerprint density at radius 2 is 2.04 bits per heavy atom. The number of aryl methyl sites for hydroxylation is 2. The quantitative estimate of drug-likeness (QED) is 0.580. The molecule has 0 saturated carbocycles. The first-order chi connectivity index (χ1) is 11.9. The van der Waals surface area contributed by atoms with Crippen molar-refractivity contribution in [3.05, 3.63) is 29.3 Å². The van der Waals surface area contributed by atoms with Gasteiger partial charge in [0.05, 0.1) is 5.69 Å². The van der Waals surface area contributed by atoms with Crippen molar-refractivity contribution >= 4 is 36.0 Å². The number of benzene rings is 1. The van der Waals surface area contributed by atoms with Gasteiger partial charge in [0.2, 0.25) is 11.9 Å². The van der Waals surface area contributed by atoms with Crippen LogP contribution in [0.1, 0.15) is 30.4 Å². The number of nitrogens with one attached hydrogen (secondary N) is 1. The van der Waals surface area contributed by atoms with E-state index >= 15 is 0 Å². The van der Waals surface area contributed by atoms with Crippen molar-refractivity contribution in [3.8, 4) is 0 Å². The molecule has 1 aliphatic rings. The van der Waals surface area contributed by atoms with Crippen LogP contribution in [0.3, 0.4) is 0 Å². The van der Waals surface area contributed by atoms with Crippen LogP contribution in [-0.4, -0.2) is 50.0 Å². The van der Waals surface area contributed by atoms with E-state index in [-0.39, 0.29) is 12.4 Å². The lowest BCUT2D eigenvalue weighted by Gasteiger charge is -2.29. The summed E-state index contributed by atoms with van der Waals surface area (Å²) in [6, 6.07) is 5.25. The average Bonchev–Trinajstić information content (AvgIpc) is 2.54. The molecule has 0 radical (unpaired) electrons. The van der Waals surface area contributed by atoms with Gasteiger partial charge in [0.1, 0.15) is 0 Å². The van der Waals surface area contributed by atoms with Crippen molar-refractivity contribution in [1.82, 2.24) is 10.2 Å². The molecule has 2 rings (SSSR count). The van der Waals surface area contributed by atoms with Gasteiger partial charge in [-0.25, -0.2) is 9.69 Å². The molecule has 0 atom stereocenters. The lowest BCUT2D eigenvalue weighted by atomic mass is 10.1. The molecule has 1 aliphatic heterocycles. The summed E-state index contributed by atoms with van der Waals surface area (Å²) in [7, 11) is 3.61. The number of primary amides is 1. The summed E-state index contributed by atoms with van der Waals surface area (Å²) in [5.41, 5.74) is 8.45. The molecule has 0 saturated heterocycles. The molecular weight excluding hydrogens is 352 g/mol. The van der Waals surface area contributed by atoms with Crippen LogP contribution < -0.4 is 16.0 Å². The molecule has 1 aromatic carbocycles. The van der Waals surface area contributed by atoms with Gasteiger partial charge in [0, 0.05) is 27.2 Å². The molecule has 0 fully saturated rings. The Labute approximate surface area is 161 Å². The highest BCUT2D eigenvalue weighted by Crippen LogP contribution is 2.21. The van der Waals surface area contributed by atoms with Crippen molar-refractivity contribution < 1.29 is 4.79 Å². The molecule has 1 aromatic rings. The zero-order chi connectivity index (χ0) is 18.4.